The van der Waals surface area contributed by atoms with Gasteiger partial charge in [-0.05, 0) is 6.42 Å². The summed E-state index contributed by atoms with van der Waals surface area (Å²) in [7, 11) is 0. The first-order chi connectivity index (χ1) is 10.6. The van der Waals surface area contributed by atoms with Gasteiger partial charge in [-0.2, -0.15) is 5.10 Å². The van der Waals surface area contributed by atoms with Crippen LogP contribution in [0.4, 0.5) is 5.82 Å². The van der Waals surface area contributed by atoms with Gasteiger partial charge in [0, 0.05) is 31.0 Å². The molecule has 6 heteroatoms. The summed E-state index contributed by atoms with van der Waals surface area (Å²) in [5.74, 6) is -0.0687. The second-order valence-corrected chi connectivity index (χ2v) is 5.27. The van der Waals surface area contributed by atoms with Gasteiger partial charge in [-0.15, -0.1) is 0 Å². The van der Waals surface area contributed by atoms with Crippen molar-refractivity contribution in [2.75, 3.05) is 11.4 Å². The van der Waals surface area contributed by atoms with Crippen LogP contribution >= 0.6 is 0 Å². The Bertz CT molecular complexity index is 694. The van der Waals surface area contributed by atoms with Crippen molar-refractivity contribution in [2.45, 2.75) is 25.8 Å². The summed E-state index contributed by atoms with van der Waals surface area (Å²) in [6, 6.07) is 11.7. The average Bonchev–Trinajstić information content (AvgIpc) is 2.94. The molecule has 0 atom stereocenters. The van der Waals surface area contributed by atoms with E-state index < -0.39 is 5.97 Å². The summed E-state index contributed by atoms with van der Waals surface area (Å²) in [5.41, 5.74) is 1.83. The molecule has 3 rings (SSSR count). The number of fused-ring (bicyclic) bond motifs is 1. The normalized spacial score (nSPS) is 14.0. The Kier molecular flexibility index (Phi) is 3.91. The summed E-state index contributed by atoms with van der Waals surface area (Å²) < 4.78 is 1.82. The summed E-state index contributed by atoms with van der Waals surface area (Å²) in [6.07, 6.45) is 0.895. The topological polar surface area (TPSA) is 75.4 Å². The summed E-state index contributed by atoms with van der Waals surface area (Å²) in [4.78, 5) is 24.4. The van der Waals surface area contributed by atoms with Gasteiger partial charge in [-0.3, -0.25) is 14.5 Å². The molecule has 22 heavy (non-hydrogen) atoms. The van der Waals surface area contributed by atoms with E-state index in [0.717, 1.165) is 17.1 Å². The second-order valence-electron chi connectivity index (χ2n) is 5.27. The zero-order chi connectivity index (χ0) is 15.5. The maximum absolute atomic E-state index is 12.1. The molecule has 0 radical (unpaired) electrons. The minimum atomic E-state index is -0.844. The van der Waals surface area contributed by atoms with Crippen molar-refractivity contribution in [1.82, 2.24) is 9.78 Å². The molecule has 0 fully saturated rings. The zero-order valence-electron chi connectivity index (χ0n) is 12.1. The maximum atomic E-state index is 12.1. The molecule has 0 unspecified atom stereocenters. The minimum absolute atomic E-state index is 0.0254. The van der Waals surface area contributed by atoms with Gasteiger partial charge in [0.15, 0.2) is 0 Å². The first-order valence-corrected chi connectivity index (χ1v) is 7.30. The minimum Gasteiger partial charge on any atom is -0.481 e. The number of amides is 1. The van der Waals surface area contributed by atoms with Crippen molar-refractivity contribution in [3.05, 3.63) is 36.4 Å². The molecule has 2 aromatic rings. The molecule has 0 spiro atoms. The van der Waals surface area contributed by atoms with E-state index in [9.17, 15) is 9.59 Å². The maximum Gasteiger partial charge on any atom is 0.303 e. The predicted molar refractivity (Wildman–Crippen MR) is 81.5 cm³/mol. The number of rotatable bonds is 5. The van der Waals surface area contributed by atoms with E-state index >= 15 is 0 Å². The fourth-order valence-electron chi connectivity index (χ4n) is 2.63. The van der Waals surface area contributed by atoms with E-state index in [2.05, 4.69) is 5.10 Å². The molecule has 0 bridgehead atoms. The molecule has 0 saturated carbocycles. The lowest BCUT2D eigenvalue weighted by Gasteiger charge is -2.27. The molecule has 1 aromatic carbocycles. The van der Waals surface area contributed by atoms with E-state index in [1.807, 2.05) is 41.1 Å². The number of aliphatic carboxylic acids is 1. The molecule has 2 heterocycles. The number of aryl methyl sites for hydroxylation is 1. The van der Waals surface area contributed by atoms with E-state index in [1.165, 1.54) is 0 Å². The third-order valence-electron chi connectivity index (χ3n) is 3.72. The summed E-state index contributed by atoms with van der Waals surface area (Å²) in [5, 5.41) is 13.3. The molecule has 1 aliphatic rings. The van der Waals surface area contributed by atoms with Gasteiger partial charge in [0.1, 0.15) is 5.82 Å². The number of anilines is 1. The predicted octanol–water partition coefficient (Wildman–Crippen LogP) is 2.15. The molecule has 114 valence electrons. The van der Waals surface area contributed by atoms with Crippen molar-refractivity contribution in [3.8, 4) is 11.3 Å². The number of benzene rings is 1. The Morgan fingerprint density at radius 1 is 1.27 bits per heavy atom. The number of nitrogens with zero attached hydrogens (tertiary/aromatic N) is 3. The lowest BCUT2D eigenvalue weighted by Crippen LogP contribution is -2.38. The highest BCUT2D eigenvalue weighted by atomic mass is 16.4. The van der Waals surface area contributed by atoms with Crippen LogP contribution in [0.3, 0.4) is 0 Å². The van der Waals surface area contributed by atoms with Gasteiger partial charge in [0.05, 0.1) is 12.2 Å². The first-order valence-electron chi connectivity index (χ1n) is 7.30. The number of carboxylic acid groups (broad SMARTS) is 1. The van der Waals surface area contributed by atoms with Crippen LogP contribution in [0.2, 0.25) is 0 Å². The molecule has 1 aliphatic heterocycles. The first kappa shape index (κ1) is 14.3. The van der Waals surface area contributed by atoms with Crippen LogP contribution in [0.25, 0.3) is 11.3 Å². The quantitative estimate of drug-likeness (QED) is 0.918. The molecule has 1 N–H and O–H groups in total. The van der Waals surface area contributed by atoms with Crippen molar-refractivity contribution in [1.29, 1.82) is 0 Å². The molecule has 0 saturated heterocycles. The number of aromatic nitrogens is 2. The molecular formula is C16H17N3O3. The van der Waals surface area contributed by atoms with E-state index in [0.29, 0.717) is 25.9 Å². The lowest BCUT2D eigenvalue weighted by molar-refractivity contribution is -0.137. The standard InChI is InChI=1S/C16H17N3O3/c20-15-8-10-19-14(18(15)9-4-7-16(21)22)11-13(17-19)12-5-2-1-3-6-12/h1-3,5-6,11H,4,7-10H2,(H,21,22). The van der Waals surface area contributed by atoms with Crippen LogP contribution < -0.4 is 4.90 Å². The van der Waals surface area contributed by atoms with Crippen molar-refractivity contribution >= 4 is 17.7 Å². The van der Waals surface area contributed by atoms with E-state index in [-0.39, 0.29) is 12.3 Å². The fourth-order valence-corrected chi connectivity index (χ4v) is 2.63. The van der Waals surface area contributed by atoms with Crippen molar-refractivity contribution in [2.24, 2.45) is 0 Å². The Labute approximate surface area is 128 Å². The Morgan fingerprint density at radius 3 is 2.77 bits per heavy atom. The smallest absolute Gasteiger partial charge is 0.303 e. The largest absolute Gasteiger partial charge is 0.481 e. The van der Waals surface area contributed by atoms with Gasteiger partial charge in [0.25, 0.3) is 0 Å². The third-order valence-corrected chi connectivity index (χ3v) is 3.72. The van der Waals surface area contributed by atoms with Crippen LogP contribution in [0.15, 0.2) is 36.4 Å². The van der Waals surface area contributed by atoms with Gasteiger partial charge in [-0.25, -0.2) is 4.68 Å². The molecule has 1 aromatic heterocycles. The molecule has 6 nitrogen and oxygen atoms in total. The molecule has 1 amide bonds. The fraction of sp³-hybridized carbons (Fsp3) is 0.312. The molecular weight excluding hydrogens is 282 g/mol. The van der Waals surface area contributed by atoms with Crippen molar-refractivity contribution < 1.29 is 14.7 Å². The highest BCUT2D eigenvalue weighted by Crippen LogP contribution is 2.28. The van der Waals surface area contributed by atoms with E-state index in [4.69, 9.17) is 5.11 Å². The number of carboxylic acids is 1. The van der Waals surface area contributed by atoms with Crippen molar-refractivity contribution in [3.63, 3.8) is 0 Å². The van der Waals surface area contributed by atoms with Crippen LogP contribution in [-0.2, 0) is 16.1 Å². The molecule has 0 aliphatic carbocycles. The second kappa shape index (κ2) is 6.01. The Hall–Kier alpha value is -2.63. The SMILES string of the molecule is O=C(O)CCCN1C(=O)CCn2nc(-c3ccccc3)cc21. The van der Waals surface area contributed by atoms with Gasteiger partial charge < -0.3 is 5.11 Å². The summed E-state index contributed by atoms with van der Waals surface area (Å²) in [6.45, 7) is 0.974. The number of carbonyl (C=O) groups is 2. The van der Waals surface area contributed by atoms with Crippen LogP contribution in [0.1, 0.15) is 19.3 Å². The third kappa shape index (κ3) is 2.86. The highest BCUT2D eigenvalue weighted by molar-refractivity contribution is 5.94. The van der Waals surface area contributed by atoms with Gasteiger partial charge in [0.2, 0.25) is 5.91 Å². The highest BCUT2D eigenvalue weighted by Gasteiger charge is 2.26. The number of hydrogen-bond acceptors (Lipinski definition) is 3. The lowest BCUT2D eigenvalue weighted by atomic mass is 10.1. The van der Waals surface area contributed by atoms with E-state index in [1.54, 1.807) is 4.90 Å². The average molecular weight is 299 g/mol. The number of hydrogen-bond donors (Lipinski definition) is 1. The Morgan fingerprint density at radius 2 is 2.05 bits per heavy atom. The van der Waals surface area contributed by atoms with Gasteiger partial charge >= 0.3 is 5.97 Å². The monoisotopic (exact) mass is 299 g/mol. The zero-order valence-corrected chi connectivity index (χ0v) is 12.1. The van der Waals surface area contributed by atoms with Crippen LogP contribution in [0, 0.1) is 0 Å². The Balaban J connectivity index is 1.85. The summed E-state index contributed by atoms with van der Waals surface area (Å²) >= 11 is 0. The van der Waals surface area contributed by atoms with Crippen LogP contribution in [0.5, 0.6) is 0 Å². The van der Waals surface area contributed by atoms with Crippen LogP contribution in [-0.4, -0.2) is 33.3 Å². The van der Waals surface area contributed by atoms with Gasteiger partial charge in [-0.1, -0.05) is 30.3 Å². The number of carbonyl (C=O) groups excluding carboxylic acids is 1.